The summed E-state index contributed by atoms with van der Waals surface area (Å²) in [4.78, 5) is 29.9. The third kappa shape index (κ3) is 4.54. The predicted molar refractivity (Wildman–Crippen MR) is 103 cm³/mol. The van der Waals surface area contributed by atoms with Gasteiger partial charge in [0.15, 0.2) is 0 Å². The lowest BCUT2D eigenvalue weighted by Crippen LogP contribution is -2.26. The van der Waals surface area contributed by atoms with E-state index in [1.165, 1.54) is 42.6 Å². The Morgan fingerprint density at radius 1 is 1.27 bits per heavy atom. The normalized spacial score (nSPS) is 11.4. The van der Waals surface area contributed by atoms with E-state index >= 15 is 0 Å². The molecule has 3 aromatic rings. The number of furan rings is 1. The molecule has 0 aliphatic rings. The van der Waals surface area contributed by atoms with Crippen molar-refractivity contribution in [1.29, 1.82) is 0 Å². The summed E-state index contributed by atoms with van der Waals surface area (Å²) < 4.78 is 48.9. The highest BCUT2D eigenvalue weighted by atomic mass is 32.1. The fourth-order valence-corrected chi connectivity index (χ4v) is 3.56. The molecule has 2 aromatic heterocycles. The number of alkyl halides is 3. The molecule has 0 N–H and O–H groups in total. The lowest BCUT2D eigenvalue weighted by molar-refractivity contribution is -0.137. The van der Waals surface area contributed by atoms with Crippen molar-refractivity contribution in [2.24, 2.45) is 0 Å². The van der Waals surface area contributed by atoms with Crippen molar-refractivity contribution < 1.29 is 31.9 Å². The van der Waals surface area contributed by atoms with Crippen molar-refractivity contribution in [3.63, 3.8) is 0 Å². The van der Waals surface area contributed by atoms with E-state index in [1.54, 1.807) is 6.92 Å². The zero-order valence-electron chi connectivity index (χ0n) is 16.2. The molecule has 1 amide bonds. The second kappa shape index (κ2) is 8.31. The molecule has 0 spiro atoms. The van der Waals surface area contributed by atoms with E-state index in [4.69, 9.17) is 4.42 Å². The van der Waals surface area contributed by atoms with Gasteiger partial charge in [0, 0.05) is 18.0 Å². The third-order valence-corrected chi connectivity index (χ3v) is 5.17. The van der Waals surface area contributed by atoms with Gasteiger partial charge in [-0.2, -0.15) is 13.2 Å². The molecule has 0 unspecified atom stereocenters. The van der Waals surface area contributed by atoms with Crippen molar-refractivity contribution in [1.82, 2.24) is 9.88 Å². The van der Waals surface area contributed by atoms with Crippen LogP contribution < -0.4 is 0 Å². The highest BCUT2D eigenvalue weighted by molar-refractivity contribution is 7.13. The SMILES string of the molecule is COC(=O)c1cc(CN(C)C(=O)c2csc(-c3cccc(C(F)(F)F)c3)n2)oc1C. The minimum atomic E-state index is -4.46. The van der Waals surface area contributed by atoms with E-state index in [0.717, 1.165) is 23.5 Å². The number of halogens is 3. The fourth-order valence-electron chi connectivity index (χ4n) is 2.77. The Morgan fingerprint density at radius 3 is 2.67 bits per heavy atom. The molecule has 3 rings (SSSR count). The number of benzene rings is 1. The number of nitrogens with zero attached hydrogens (tertiary/aromatic N) is 2. The second-order valence-electron chi connectivity index (χ2n) is 6.45. The van der Waals surface area contributed by atoms with Crippen LogP contribution in [0.25, 0.3) is 10.6 Å². The first-order valence-corrected chi connectivity index (χ1v) is 9.54. The quantitative estimate of drug-likeness (QED) is 0.536. The molecule has 30 heavy (non-hydrogen) atoms. The summed E-state index contributed by atoms with van der Waals surface area (Å²) in [5, 5.41) is 1.79. The molecule has 6 nitrogen and oxygen atoms in total. The van der Waals surface area contributed by atoms with Crippen molar-refractivity contribution >= 4 is 23.2 Å². The van der Waals surface area contributed by atoms with Crippen LogP contribution in [0.15, 0.2) is 40.1 Å². The van der Waals surface area contributed by atoms with Gasteiger partial charge in [-0.15, -0.1) is 11.3 Å². The smallest absolute Gasteiger partial charge is 0.416 e. The third-order valence-electron chi connectivity index (χ3n) is 4.27. The number of esters is 1. The van der Waals surface area contributed by atoms with Gasteiger partial charge in [-0.05, 0) is 25.1 Å². The van der Waals surface area contributed by atoms with Gasteiger partial charge in [-0.1, -0.05) is 12.1 Å². The molecule has 0 saturated carbocycles. The summed E-state index contributed by atoms with van der Waals surface area (Å²) in [7, 11) is 2.79. The van der Waals surface area contributed by atoms with Crippen LogP contribution in [0, 0.1) is 6.92 Å². The Labute approximate surface area is 173 Å². The Bertz CT molecular complexity index is 1090. The standard InChI is InChI=1S/C20H17F3N2O4S/c1-11-15(19(27)28-3)8-14(29-11)9-25(2)18(26)16-10-30-17(24-16)12-5-4-6-13(7-12)20(21,22)23/h4-8,10H,9H2,1-3H3. The largest absolute Gasteiger partial charge is 0.465 e. The van der Waals surface area contributed by atoms with Crippen LogP contribution in [-0.2, 0) is 17.5 Å². The minimum Gasteiger partial charge on any atom is -0.465 e. The number of hydrogen-bond donors (Lipinski definition) is 0. The maximum Gasteiger partial charge on any atom is 0.416 e. The number of aryl methyl sites for hydroxylation is 1. The van der Waals surface area contributed by atoms with Crippen LogP contribution in [0.5, 0.6) is 0 Å². The number of rotatable bonds is 5. The van der Waals surface area contributed by atoms with Gasteiger partial charge < -0.3 is 14.1 Å². The first-order valence-electron chi connectivity index (χ1n) is 8.66. The van der Waals surface area contributed by atoms with Crippen molar-refractivity contribution in [3.8, 4) is 10.6 Å². The molecule has 1 aromatic carbocycles. The summed E-state index contributed by atoms with van der Waals surface area (Å²) in [5.74, 6) is -0.213. The Kier molecular flexibility index (Phi) is 5.97. The van der Waals surface area contributed by atoms with Gasteiger partial charge in [0.25, 0.3) is 5.91 Å². The molecule has 0 fully saturated rings. The molecule has 0 radical (unpaired) electrons. The van der Waals surface area contributed by atoms with E-state index in [1.807, 2.05) is 0 Å². The van der Waals surface area contributed by atoms with Crippen LogP contribution in [0.1, 0.15) is 37.9 Å². The Balaban J connectivity index is 1.76. The lowest BCUT2D eigenvalue weighted by atomic mass is 10.1. The summed E-state index contributed by atoms with van der Waals surface area (Å²) in [6.45, 7) is 1.69. The first-order chi connectivity index (χ1) is 14.1. The topological polar surface area (TPSA) is 72.6 Å². The monoisotopic (exact) mass is 438 g/mol. The van der Waals surface area contributed by atoms with E-state index in [0.29, 0.717) is 16.5 Å². The molecule has 158 valence electrons. The molecular formula is C20H17F3N2O4S. The number of amides is 1. The maximum atomic E-state index is 12.9. The van der Waals surface area contributed by atoms with Crippen molar-refractivity contribution in [2.45, 2.75) is 19.6 Å². The van der Waals surface area contributed by atoms with Crippen molar-refractivity contribution in [3.05, 3.63) is 64.1 Å². The first kappa shape index (κ1) is 21.6. The van der Waals surface area contributed by atoms with Gasteiger partial charge >= 0.3 is 12.1 Å². The van der Waals surface area contributed by atoms with Crippen LogP contribution in [0.3, 0.4) is 0 Å². The van der Waals surface area contributed by atoms with Crippen LogP contribution in [0.4, 0.5) is 13.2 Å². The molecule has 0 bridgehead atoms. The van der Waals surface area contributed by atoms with Gasteiger partial charge in [0.1, 0.15) is 27.8 Å². The average molecular weight is 438 g/mol. The summed E-state index contributed by atoms with van der Waals surface area (Å²) in [6.07, 6.45) is -4.46. The zero-order chi connectivity index (χ0) is 22.1. The number of thiazole rings is 1. The second-order valence-corrected chi connectivity index (χ2v) is 7.31. The molecule has 2 heterocycles. The van der Waals surface area contributed by atoms with Crippen LogP contribution >= 0.6 is 11.3 Å². The van der Waals surface area contributed by atoms with E-state index in [-0.39, 0.29) is 23.4 Å². The van der Waals surface area contributed by atoms with Gasteiger partial charge in [0.2, 0.25) is 0 Å². The van der Waals surface area contributed by atoms with Gasteiger partial charge in [-0.3, -0.25) is 4.79 Å². The highest BCUT2D eigenvalue weighted by Gasteiger charge is 2.30. The molecule has 0 aliphatic carbocycles. The molecule has 0 aliphatic heterocycles. The number of carbonyl (C=O) groups excluding carboxylic acids is 2. The number of methoxy groups -OCH3 is 1. The average Bonchev–Trinajstić information content (AvgIpc) is 3.33. The lowest BCUT2D eigenvalue weighted by Gasteiger charge is -2.14. The van der Waals surface area contributed by atoms with E-state index < -0.39 is 23.6 Å². The van der Waals surface area contributed by atoms with Crippen LogP contribution in [-0.4, -0.2) is 35.9 Å². The van der Waals surface area contributed by atoms with Gasteiger partial charge in [0.05, 0.1) is 19.2 Å². The number of aromatic nitrogens is 1. The maximum absolute atomic E-state index is 12.9. The van der Waals surface area contributed by atoms with Crippen molar-refractivity contribution in [2.75, 3.05) is 14.2 Å². The van der Waals surface area contributed by atoms with E-state index in [2.05, 4.69) is 9.72 Å². The summed E-state index contributed by atoms with van der Waals surface area (Å²) >= 11 is 1.08. The molecule has 0 saturated heterocycles. The summed E-state index contributed by atoms with van der Waals surface area (Å²) in [6, 6.07) is 6.28. The Hall–Kier alpha value is -3.14. The predicted octanol–water partition coefficient (Wildman–Crippen LogP) is 4.79. The van der Waals surface area contributed by atoms with Gasteiger partial charge in [-0.25, -0.2) is 9.78 Å². The molecule has 0 atom stereocenters. The number of ether oxygens (including phenoxy) is 1. The highest BCUT2D eigenvalue weighted by Crippen LogP contribution is 2.33. The zero-order valence-corrected chi connectivity index (χ0v) is 17.1. The van der Waals surface area contributed by atoms with Crippen LogP contribution in [0.2, 0.25) is 0 Å². The molecular weight excluding hydrogens is 421 g/mol. The van der Waals surface area contributed by atoms with E-state index in [9.17, 15) is 22.8 Å². The fraction of sp³-hybridized carbons (Fsp3) is 0.250. The number of carbonyl (C=O) groups is 2. The minimum absolute atomic E-state index is 0.0765. The number of hydrogen-bond acceptors (Lipinski definition) is 6. The molecule has 10 heteroatoms. The summed E-state index contributed by atoms with van der Waals surface area (Å²) in [5.41, 5.74) is -0.129. The Morgan fingerprint density at radius 2 is 2.00 bits per heavy atom.